The van der Waals surface area contributed by atoms with E-state index in [2.05, 4.69) is 0 Å². The second-order valence-electron chi connectivity index (χ2n) is 4.59. The van der Waals surface area contributed by atoms with Gasteiger partial charge in [-0.05, 0) is 26.3 Å². The average Bonchev–Trinajstić information content (AvgIpc) is 2.99. The van der Waals surface area contributed by atoms with Crippen molar-refractivity contribution < 1.29 is 23.2 Å². The van der Waals surface area contributed by atoms with Crippen LogP contribution in [0.1, 0.15) is 36.8 Å². The van der Waals surface area contributed by atoms with Gasteiger partial charge in [0.15, 0.2) is 0 Å². The van der Waals surface area contributed by atoms with Crippen LogP contribution in [0.5, 0.6) is 0 Å². The molecule has 0 atom stereocenters. The highest BCUT2D eigenvalue weighted by Gasteiger charge is 2.31. The summed E-state index contributed by atoms with van der Waals surface area (Å²) in [5, 5.41) is 9.10. The van der Waals surface area contributed by atoms with Gasteiger partial charge in [-0.3, -0.25) is 4.84 Å². The van der Waals surface area contributed by atoms with E-state index in [1.807, 2.05) is 0 Å². The van der Waals surface area contributed by atoms with Gasteiger partial charge < -0.3 is 9.67 Å². The number of carbonyl (C=O) groups is 1. The van der Waals surface area contributed by atoms with Crippen molar-refractivity contribution in [3.05, 3.63) is 18.0 Å². The van der Waals surface area contributed by atoms with Crippen LogP contribution in [0.3, 0.4) is 0 Å². The normalized spacial score (nSPS) is 17.2. The molecule has 1 fully saturated rings. The van der Waals surface area contributed by atoms with E-state index < -0.39 is 16.0 Å². The number of carboxylic acids is 1. The topological polar surface area (TPSA) is 88.8 Å². The molecule has 1 aliphatic rings. The summed E-state index contributed by atoms with van der Waals surface area (Å²) in [7, 11) is -3.78. The SMILES string of the molecule is CC(C)n1cc(S(=O)(=O)N2CCCO2)cc1C(=O)O. The monoisotopic (exact) mass is 288 g/mol. The number of hydroxylamine groups is 1. The Hall–Kier alpha value is -1.38. The highest BCUT2D eigenvalue weighted by atomic mass is 32.2. The van der Waals surface area contributed by atoms with Gasteiger partial charge in [-0.15, -0.1) is 0 Å². The van der Waals surface area contributed by atoms with Gasteiger partial charge in [-0.25, -0.2) is 13.2 Å². The molecule has 2 heterocycles. The lowest BCUT2D eigenvalue weighted by molar-refractivity contribution is -0.0284. The van der Waals surface area contributed by atoms with Gasteiger partial charge in [0.1, 0.15) is 10.6 Å². The third kappa shape index (κ3) is 2.51. The smallest absolute Gasteiger partial charge is 0.352 e. The lowest BCUT2D eigenvalue weighted by atomic mass is 10.3. The molecular weight excluding hydrogens is 272 g/mol. The standard InChI is InChI=1S/C11H16N2O5S/c1-8(2)12-7-9(6-10(12)11(14)15)19(16,17)13-4-3-5-18-13/h6-8H,3-5H2,1-2H3,(H,14,15). The van der Waals surface area contributed by atoms with Crippen LogP contribution in [-0.2, 0) is 14.9 Å². The van der Waals surface area contributed by atoms with Crippen LogP contribution in [0.4, 0.5) is 0 Å². The molecule has 1 aromatic rings. The van der Waals surface area contributed by atoms with Gasteiger partial charge in [0.2, 0.25) is 0 Å². The Morgan fingerprint density at radius 2 is 2.16 bits per heavy atom. The lowest BCUT2D eigenvalue weighted by Gasteiger charge is -2.13. The minimum absolute atomic E-state index is 0.0484. The summed E-state index contributed by atoms with van der Waals surface area (Å²) in [6.45, 7) is 4.22. The molecule has 0 bridgehead atoms. The first kappa shape index (κ1) is 14.0. The molecule has 0 amide bonds. The fraction of sp³-hybridized carbons (Fsp3) is 0.545. The Morgan fingerprint density at radius 3 is 2.58 bits per heavy atom. The summed E-state index contributed by atoms with van der Waals surface area (Å²) in [5.41, 5.74) is -0.0484. The molecule has 1 aliphatic heterocycles. The number of aromatic nitrogens is 1. The van der Waals surface area contributed by atoms with Gasteiger partial charge >= 0.3 is 5.97 Å². The Balaban J connectivity index is 2.45. The molecule has 0 aliphatic carbocycles. The first-order valence-corrected chi connectivity index (χ1v) is 7.39. The van der Waals surface area contributed by atoms with Crippen molar-refractivity contribution in [2.75, 3.05) is 13.2 Å². The van der Waals surface area contributed by atoms with Crippen LogP contribution in [0.15, 0.2) is 17.2 Å². The zero-order chi connectivity index (χ0) is 14.2. The molecule has 0 unspecified atom stereocenters. The minimum atomic E-state index is -3.78. The van der Waals surface area contributed by atoms with E-state index in [-0.39, 0.29) is 23.2 Å². The number of rotatable bonds is 4. The second kappa shape index (κ2) is 4.95. The zero-order valence-electron chi connectivity index (χ0n) is 10.7. The van der Waals surface area contributed by atoms with Gasteiger partial charge in [-0.2, -0.15) is 0 Å². The van der Waals surface area contributed by atoms with E-state index in [1.54, 1.807) is 13.8 Å². The maximum Gasteiger partial charge on any atom is 0.352 e. The Bertz CT molecular complexity index is 584. The molecule has 1 N–H and O–H groups in total. The number of carboxylic acid groups (broad SMARTS) is 1. The highest BCUT2D eigenvalue weighted by Crippen LogP contribution is 2.24. The summed E-state index contributed by atoms with van der Waals surface area (Å²) in [6.07, 6.45) is 1.97. The highest BCUT2D eigenvalue weighted by molar-refractivity contribution is 7.89. The number of sulfonamides is 1. The van der Waals surface area contributed by atoms with Crippen molar-refractivity contribution in [1.82, 2.24) is 9.04 Å². The summed E-state index contributed by atoms with van der Waals surface area (Å²) >= 11 is 0. The molecule has 106 valence electrons. The molecule has 2 rings (SSSR count). The Kier molecular flexibility index (Phi) is 3.66. The van der Waals surface area contributed by atoms with E-state index in [4.69, 9.17) is 9.94 Å². The third-order valence-electron chi connectivity index (χ3n) is 2.89. The molecule has 0 saturated carbocycles. The maximum atomic E-state index is 12.2. The molecule has 0 spiro atoms. The van der Waals surface area contributed by atoms with Crippen molar-refractivity contribution in [2.24, 2.45) is 0 Å². The van der Waals surface area contributed by atoms with Crippen molar-refractivity contribution in [3.8, 4) is 0 Å². The van der Waals surface area contributed by atoms with E-state index >= 15 is 0 Å². The van der Waals surface area contributed by atoms with E-state index in [9.17, 15) is 13.2 Å². The van der Waals surface area contributed by atoms with Crippen molar-refractivity contribution in [1.29, 1.82) is 0 Å². The summed E-state index contributed by atoms with van der Waals surface area (Å²) < 4.78 is 26.8. The van der Waals surface area contributed by atoms with Crippen molar-refractivity contribution >= 4 is 16.0 Å². The van der Waals surface area contributed by atoms with Crippen LogP contribution >= 0.6 is 0 Å². The van der Waals surface area contributed by atoms with E-state index in [0.717, 1.165) is 4.47 Å². The van der Waals surface area contributed by atoms with Crippen LogP contribution < -0.4 is 0 Å². The zero-order valence-corrected chi connectivity index (χ0v) is 11.6. The van der Waals surface area contributed by atoms with E-state index in [1.165, 1.54) is 16.8 Å². The van der Waals surface area contributed by atoms with Crippen LogP contribution in [0, 0.1) is 0 Å². The number of hydrogen-bond acceptors (Lipinski definition) is 4. The molecular formula is C11H16N2O5S. The Labute approximate surface area is 111 Å². The van der Waals surface area contributed by atoms with Gasteiger partial charge in [0, 0.05) is 18.8 Å². The predicted octanol–water partition coefficient (Wildman–Crippen LogP) is 1.09. The number of aromatic carboxylic acids is 1. The fourth-order valence-electron chi connectivity index (χ4n) is 1.93. The molecule has 0 aromatic carbocycles. The van der Waals surface area contributed by atoms with Gasteiger partial charge in [0.25, 0.3) is 10.0 Å². The molecule has 1 aromatic heterocycles. The maximum absolute atomic E-state index is 12.2. The first-order valence-electron chi connectivity index (χ1n) is 5.95. The summed E-state index contributed by atoms with van der Waals surface area (Å²) in [5.74, 6) is -1.16. The number of hydrogen-bond donors (Lipinski definition) is 1. The Morgan fingerprint density at radius 1 is 1.47 bits per heavy atom. The minimum Gasteiger partial charge on any atom is -0.477 e. The van der Waals surface area contributed by atoms with E-state index in [0.29, 0.717) is 13.0 Å². The van der Waals surface area contributed by atoms with Crippen LogP contribution in [0.25, 0.3) is 0 Å². The molecule has 8 heteroatoms. The van der Waals surface area contributed by atoms with Crippen molar-refractivity contribution in [3.63, 3.8) is 0 Å². The first-order chi connectivity index (χ1) is 8.84. The van der Waals surface area contributed by atoms with Crippen LogP contribution in [0.2, 0.25) is 0 Å². The largest absolute Gasteiger partial charge is 0.477 e. The molecule has 19 heavy (non-hydrogen) atoms. The predicted molar refractivity (Wildman–Crippen MR) is 66.2 cm³/mol. The summed E-state index contributed by atoms with van der Waals surface area (Å²) in [4.78, 5) is 16.1. The third-order valence-corrected chi connectivity index (χ3v) is 4.53. The summed E-state index contributed by atoms with van der Waals surface area (Å²) in [6, 6.07) is 1.02. The van der Waals surface area contributed by atoms with Gasteiger partial charge in [0.05, 0.1) is 6.61 Å². The quantitative estimate of drug-likeness (QED) is 0.896. The molecule has 0 radical (unpaired) electrons. The van der Waals surface area contributed by atoms with Crippen LogP contribution in [-0.4, -0.2) is 41.7 Å². The van der Waals surface area contributed by atoms with Gasteiger partial charge in [-0.1, -0.05) is 4.47 Å². The molecule has 7 nitrogen and oxygen atoms in total. The average molecular weight is 288 g/mol. The van der Waals surface area contributed by atoms with Crippen molar-refractivity contribution in [2.45, 2.75) is 31.2 Å². The fourth-order valence-corrected chi connectivity index (χ4v) is 3.25. The number of nitrogens with zero attached hydrogens (tertiary/aromatic N) is 2. The lowest BCUT2D eigenvalue weighted by Crippen LogP contribution is -2.26. The molecule has 1 saturated heterocycles. The second-order valence-corrected chi connectivity index (χ2v) is 6.41.